The molecule has 0 fully saturated rings. The molecule has 1 aromatic carbocycles. The zero-order valence-electron chi connectivity index (χ0n) is 12.8. The minimum atomic E-state index is -0.123. The molecule has 1 atom stereocenters. The van der Waals surface area contributed by atoms with Gasteiger partial charge in [-0.3, -0.25) is 9.38 Å². The monoisotopic (exact) mass is 295 g/mol. The highest BCUT2D eigenvalue weighted by atomic mass is 16.5. The lowest BCUT2D eigenvalue weighted by atomic mass is 10.0. The number of nitrogens with zero attached hydrogens (tertiary/aromatic N) is 2. The third-order valence-corrected chi connectivity index (χ3v) is 4.56. The highest BCUT2D eigenvalue weighted by molar-refractivity contribution is 6.14. The van der Waals surface area contributed by atoms with Crippen LogP contribution >= 0.6 is 0 Å². The van der Waals surface area contributed by atoms with E-state index in [1.54, 1.807) is 17.7 Å². The number of hydrogen-bond donors (Lipinski definition) is 1. The van der Waals surface area contributed by atoms with Crippen molar-refractivity contribution in [3.05, 3.63) is 40.6 Å². The maximum atomic E-state index is 12.5. The Bertz CT molecular complexity index is 1040. The number of imidazole rings is 1. The lowest BCUT2D eigenvalue weighted by molar-refractivity contribution is 0.419. The van der Waals surface area contributed by atoms with Gasteiger partial charge >= 0.3 is 5.69 Å². The van der Waals surface area contributed by atoms with Crippen molar-refractivity contribution in [1.82, 2.24) is 14.4 Å². The molecule has 0 aliphatic heterocycles. The first kappa shape index (κ1) is 13.1. The van der Waals surface area contributed by atoms with Gasteiger partial charge in [0, 0.05) is 17.3 Å². The minimum Gasteiger partial charge on any atom is -0.494 e. The number of pyridine rings is 2. The highest BCUT2D eigenvalue weighted by Gasteiger charge is 2.20. The standard InChI is InChI=1S/C17H17N3O2/c1-4-9(2)12-8-11-14-10(5-6-18-11)7-13(22-3)15-16(14)20(12)17(21)19-15/h5-9H,4H2,1-3H3,(H,19,21). The van der Waals surface area contributed by atoms with Crippen LogP contribution in [0.25, 0.3) is 27.3 Å². The summed E-state index contributed by atoms with van der Waals surface area (Å²) in [5.74, 6) is 0.953. The molecule has 112 valence electrons. The number of rotatable bonds is 3. The van der Waals surface area contributed by atoms with E-state index in [0.29, 0.717) is 5.75 Å². The van der Waals surface area contributed by atoms with Gasteiger partial charge in [-0.25, -0.2) is 4.79 Å². The molecule has 5 heteroatoms. The zero-order valence-corrected chi connectivity index (χ0v) is 12.8. The molecule has 0 radical (unpaired) electrons. The maximum absolute atomic E-state index is 12.5. The van der Waals surface area contributed by atoms with E-state index >= 15 is 0 Å². The number of hydrogen-bond acceptors (Lipinski definition) is 3. The highest BCUT2D eigenvalue weighted by Crippen LogP contribution is 2.36. The predicted molar refractivity (Wildman–Crippen MR) is 87.3 cm³/mol. The van der Waals surface area contributed by atoms with E-state index in [9.17, 15) is 4.79 Å². The van der Waals surface area contributed by atoms with Gasteiger partial charge in [0.25, 0.3) is 0 Å². The number of nitrogens with one attached hydrogen (secondary N) is 1. The van der Waals surface area contributed by atoms with E-state index < -0.39 is 0 Å². The molecule has 0 saturated carbocycles. The number of benzene rings is 1. The van der Waals surface area contributed by atoms with Gasteiger partial charge in [-0.1, -0.05) is 13.8 Å². The molecule has 3 aromatic heterocycles. The van der Waals surface area contributed by atoms with Crippen molar-refractivity contribution in [2.45, 2.75) is 26.2 Å². The van der Waals surface area contributed by atoms with Gasteiger partial charge < -0.3 is 9.72 Å². The molecule has 0 bridgehead atoms. The van der Waals surface area contributed by atoms with Crippen LogP contribution in [0.1, 0.15) is 31.9 Å². The van der Waals surface area contributed by atoms with Crippen LogP contribution in [0.3, 0.4) is 0 Å². The summed E-state index contributed by atoms with van der Waals surface area (Å²) in [6, 6.07) is 5.93. The fourth-order valence-electron chi connectivity index (χ4n) is 3.23. The number of ether oxygens (including phenoxy) is 1. The van der Waals surface area contributed by atoms with Crippen molar-refractivity contribution in [3.63, 3.8) is 0 Å². The Morgan fingerprint density at radius 1 is 1.41 bits per heavy atom. The van der Waals surface area contributed by atoms with Gasteiger partial charge in [0.2, 0.25) is 0 Å². The van der Waals surface area contributed by atoms with E-state index in [1.807, 2.05) is 18.2 Å². The number of H-pyrrole nitrogens is 1. The largest absolute Gasteiger partial charge is 0.494 e. The molecule has 22 heavy (non-hydrogen) atoms. The molecular weight excluding hydrogens is 278 g/mol. The molecular formula is C17H17N3O2. The summed E-state index contributed by atoms with van der Waals surface area (Å²) in [4.78, 5) is 20.0. The lowest BCUT2D eigenvalue weighted by Gasteiger charge is -2.15. The second-order valence-electron chi connectivity index (χ2n) is 5.74. The molecule has 0 spiro atoms. The Morgan fingerprint density at radius 2 is 2.23 bits per heavy atom. The van der Waals surface area contributed by atoms with Crippen LogP contribution in [0.5, 0.6) is 5.75 Å². The van der Waals surface area contributed by atoms with Crippen LogP contribution in [0.15, 0.2) is 29.2 Å². The summed E-state index contributed by atoms with van der Waals surface area (Å²) >= 11 is 0. The normalized spacial score (nSPS) is 13.4. The molecule has 1 N–H and O–H groups in total. The molecule has 1 unspecified atom stereocenters. The first-order chi connectivity index (χ1) is 10.7. The summed E-state index contributed by atoms with van der Waals surface area (Å²) < 4.78 is 7.25. The van der Waals surface area contributed by atoms with Gasteiger partial charge in [-0.05, 0) is 35.9 Å². The minimum absolute atomic E-state index is 0.123. The number of aromatic nitrogens is 3. The van der Waals surface area contributed by atoms with Crippen molar-refractivity contribution in [2.24, 2.45) is 0 Å². The second-order valence-corrected chi connectivity index (χ2v) is 5.74. The van der Waals surface area contributed by atoms with Gasteiger partial charge in [-0.2, -0.15) is 0 Å². The molecule has 0 saturated heterocycles. The maximum Gasteiger partial charge on any atom is 0.330 e. The topological polar surface area (TPSA) is 59.4 Å². The van der Waals surface area contributed by atoms with Crippen LogP contribution in [0.2, 0.25) is 0 Å². The predicted octanol–water partition coefficient (Wildman–Crippen LogP) is 3.29. The van der Waals surface area contributed by atoms with E-state index in [0.717, 1.165) is 39.4 Å². The summed E-state index contributed by atoms with van der Waals surface area (Å²) in [6.07, 6.45) is 2.76. The molecule has 0 aliphatic carbocycles. The summed E-state index contributed by atoms with van der Waals surface area (Å²) in [5, 5.41) is 2.03. The molecule has 4 aromatic rings. The average molecular weight is 295 g/mol. The van der Waals surface area contributed by atoms with Gasteiger partial charge in [0.15, 0.2) is 0 Å². The molecule has 0 aliphatic rings. The van der Waals surface area contributed by atoms with E-state index in [1.165, 1.54) is 0 Å². The van der Waals surface area contributed by atoms with E-state index in [2.05, 4.69) is 23.8 Å². The van der Waals surface area contributed by atoms with Crippen molar-refractivity contribution in [2.75, 3.05) is 7.11 Å². The Kier molecular flexibility index (Phi) is 2.66. The Balaban J connectivity index is 2.34. The third kappa shape index (κ3) is 1.53. The second kappa shape index (κ2) is 4.47. The SMILES string of the molecule is CCC(C)c1cc2nccc3cc(OC)c4[nH]c(=O)n1c4c32. The summed E-state index contributed by atoms with van der Waals surface area (Å²) in [5.41, 5.74) is 3.39. The zero-order chi connectivity index (χ0) is 15.4. The van der Waals surface area contributed by atoms with Gasteiger partial charge in [0.05, 0.1) is 18.1 Å². The molecule has 5 nitrogen and oxygen atoms in total. The van der Waals surface area contributed by atoms with Crippen molar-refractivity contribution >= 4 is 27.3 Å². The third-order valence-electron chi connectivity index (χ3n) is 4.56. The quantitative estimate of drug-likeness (QED) is 0.631. The first-order valence-corrected chi connectivity index (χ1v) is 7.48. The van der Waals surface area contributed by atoms with E-state index in [4.69, 9.17) is 4.74 Å². The number of methoxy groups -OCH3 is 1. The van der Waals surface area contributed by atoms with Crippen molar-refractivity contribution in [1.29, 1.82) is 0 Å². The molecule has 3 heterocycles. The smallest absolute Gasteiger partial charge is 0.330 e. The van der Waals surface area contributed by atoms with Crippen molar-refractivity contribution in [3.8, 4) is 5.75 Å². The van der Waals surface area contributed by atoms with Gasteiger partial charge in [0.1, 0.15) is 11.3 Å². The van der Waals surface area contributed by atoms with Crippen molar-refractivity contribution < 1.29 is 4.74 Å². The first-order valence-electron chi connectivity index (χ1n) is 7.48. The average Bonchev–Trinajstić information content (AvgIpc) is 2.89. The Hall–Kier alpha value is -2.56. The van der Waals surface area contributed by atoms with Gasteiger partial charge in [-0.15, -0.1) is 0 Å². The Labute approximate surface area is 126 Å². The van der Waals surface area contributed by atoms with Crippen LogP contribution in [0, 0.1) is 0 Å². The van der Waals surface area contributed by atoms with Crippen LogP contribution in [-0.4, -0.2) is 21.5 Å². The van der Waals surface area contributed by atoms with Crippen LogP contribution in [-0.2, 0) is 0 Å². The summed E-state index contributed by atoms with van der Waals surface area (Å²) in [7, 11) is 1.62. The fraction of sp³-hybridized carbons (Fsp3) is 0.294. The molecule has 0 amide bonds. The lowest BCUT2D eigenvalue weighted by Crippen LogP contribution is -2.15. The van der Waals surface area contributed by atoms with Crippen LogP contribution < -0.4 is 10.4 Å². The number of aromatic amines is 1. The Morgan fingerprint density at radius 3 is 2.95 bits per heavy atom. The van der Waals surface area contributed by atoms with Crippen LogP contribution in [0.4, 0.5) is 0 Å². The fourth-order valence-corrected chi connectivity index (χ4v) is 3.23. The summed E-state index contributed by atoms with van der Waals surface area (Å²) in [6.45, 7) is 4.25. The molecule has 4 rings (SSSR count). The van der Waals surface area contributed by atoms with E-state index in [-0.39, 0.29) is 11.6 Å².